The van der Waals surface area contributed by atoms with E-state index in [1.807, 2.05) is 13.0 Å². The van der Waals surface area contributed by atoms with Gasteiger partial charge in [-0.2, -0.15) is 9.57 Å². The first-order valence-electron chi connectivity index (χ1n) is 6.80. The summed E-state index contributed by atoms with van der Waals surface area (Å²) in [7, 11) is -3.46. The van der Waals surface area contributed by atoms with Crippen LogP contribution < -0.4 is 5.32 Å². The average Bonchev–Trinajstić information content (AvgIpc) is 3.13. The second-order valence-corrected chi connectivity index (χ2v) is 8.56. The molecule has 0 radical (unpaired) electrons. The molecule has 0 spiro atoms. The van der Waals surface area contributed by atoms with Crippen LogP contribution in [0.4, 0.5) is 0 Å². The van der Waals surface area contributed by atoms with Crippen molar-refractivity contribution in [3.05, 3.63) is 17.0 Å². The minimum atomic E-state index is -3.46. The molecule has 0 bridgehead atoms. The van der Waals surface area contributed by atoms with E-state index in [1.165, 1.54) is 0 Å². The van der Waals surface area contributed by atoms with Gasteiger partial charge in [0.2, 0.25) is 0 Å². The Balaban J connectivity index is 1.93. The molecule has 1 aromatic heterocycles. The van der Waals surface area contributed by atoms with Crippen molar-refractivity contribution in [3.63, 3.8) is 0 Å². The molecule has 108 valence electrons. The zero-order chi connectivity index (χ0) is 14.3. The molecule has 3 heterocycles. The highest BCUT2D eigenvalue weighted by Gasteiger charge is 2.48. The zero-order valence-corrected chi connectivity index (χ0v) is 12.9. The van der Waals surface area contributed by atoms with E-state index >= 15 is 0 Å². The molecule has 1 N–H and O–H groups in total. The van der Waals surface area contributed by atoms with Crippen LogP contribution >= 0.6 is 11.3 Å². The van der Waals surface area contributed by atoms with E-state index in [4.69, 9.17) is 5.26 Å². The minimum absolute atomic E-state index is 0.0765. The van der Waals surface area contributed by atoms with Gasteiger partial charge in [-0.05, 0) is 43.5 Å². The van der Waals surface area contributed by atoms with Gasteiger partial charge < -0.3 is 5.32 Å². The Morgan fingerprint density at radius 2 is 2.30 bits per heavy atom. The summed E-state index contributed by atoms with van der Waals surface area (Å²) in [6.45, 7) is 4.45. The van der Waals surface area contributed by atoms with E-state index in [2.05, 4.69) is 5.32 Å². The van der Waals surface area contributed by atoms with Crippen molar-refractivity contribution in [2.75, 3.05) is 19.6 Å². The molecule has 0 saturated carbocycles. The van der Waals surface area contributed by atoms with Crippen molar-refractivity contribution in [1.29, 1.82) is 5.26 Å². The molecule has 1 aromatic rings. The van der Waals surface area contributed by atoms with Gasteiger partial charge in [-0.15, -0.1) is 11.3 Å². The standard InChI is InChI=1S/C13H17N3O2S2/c1-2-12-11-7-15-6-9(11)8-16(12)20(17,18)13-4-3-10(5-14)19-13/h3-4,9,11-12,15H,2,6-8H2,1H3. The van der Waals surface area contributed by atoms with Crippen LogP contribution in [-0.2, 0) is 10.0 Å². The summed E-state index contributed by atoms with van der Waals surface area (Å²) < 4.78 is 27.5. The third kappa shape index (κ3) is 2.07. The smallest absolute Gasteiger partial charge is 0.252 e. The molecule has 2 fully saturated rings. The Bertz CT molecular complexity index is 647. The van der Waals surface area contributed by atoms with Gasteiger partial charge in [0.15, 0.2) is 0 Å². The summed E-state index contributed by atoms with van der Waals surface area (Å²) in [5.41, 5.74) is 0. The first kappa shape index (κ1) is 14.0. The molecule has 2 saturated heterocycles. The molecule has 2 aliphatic rings. The number of fused-ring (bicyclic) bond motifs is 1. The largest absolute Gasteiger partial charge is 0.316 e. The lowest BCUT2D eigenvalue weighted by atomic mass is 9.93. The van der Waals surface area contributed by atoms with Crippen LogP contribution in [0.15, 0.2) is 16.3 Å². The van der Waals surface area contributed by atoms with Crippen molar-refractivity contribution >= 4 is 21.4 Å². The summed E-state index contributed by atoms with van der Waals surface area (Å²) in [4.78, 5) is 0.442. The molecule has 3 atom stereocenters. The maximum absolute atomic E-state index is 12.8. The molecule has 5 nitrogen and oxygen atoms in total. The monoisotopic (exact) mass is 311 g/mol. The number of hydrogen-bond acceptors (Lipinski definition) is 5. The van der Waals surface area contributed by atoms with Crippen molar-refractivity contribution in [1.82, 2.24) is 9.62 Å². The minimum Gasteiger partial charge on any atom is -0.316 e. The van der Waals surface area contributed by atoms with Crippen LogP contribution in [-0.4, -0.2) is 38.4 Å². The fourth-order valence-corrected chi connectivity index (χ4v) is 6.43. The number of hydrogen-bond donors (Lipinski definition) is 1. The van der Waals surface area contributed by atoms with E-state index in [0.29, 0.717) is 27.5 Å². The summed E-state index contributed by atoms with van der Waals surface area (Å²) in [6.07, 6.45) is 0.832. The SMILES string of the molecule is CCC1C2CNCC2CN1S(=O)(=O)c1ccc(C#N)s1. The highest BCUT2D eigenvalue weighted by molar-refractivity contribution is 7.91. The number of nitrogens with one attached hydrogen (secondary N) is 1. The molecule has 0 aliphatic carbocycles. The van der Waals surface area contributed by atoms with Crippen molar-refractivity contribution in [3.8, 4) is 6.07 Å². The molecule has 3 rings (SSSR count). The Labute approximate surface area is 123 Å². The second kappa shape index (κ2) is 5.11. The Morgan fingerprint density at radius 1 is 1.50 bits per heavy atom. The van der Waals surface area contributed by atoms with E-state index < -0.39 is 10.0 Å². The van der Waals surface area contributed by atoms with Gasteiger partial charge in [0, 0.05) is 12.6 Å². The molecule has 2 aliphatic heterocycles. The zero-order valence-electron chi connectivity index (χ0n) is 11.2. The van der Waals surface area contributed by atoms with E-state index in [1.54, 1.807) is 16.4 Å². The fraction of sp³-hybridized carbons (Fsp3) is 0.615. The lowest BCUT2D eigenvalue weighted by Gasteiger charge is -2.25. The lowest BCUT2D eigenvalue weighted by Crippen LogP contribution is -2.39. The Morgan fingerprint density at radius 3 is 2.95 bits per heavy atom. The summed E-state index contributed by atoms with van der Waals surface area (Å²) in [5, 5.41) is 12.2. The van der Waals surface area contributed by atoms with Crippen LogP contribution in [0.5, 0.6) is 0 Å². The molecular weight excluding hydrogens is 294 g/mol. The van der Waals surface area contributed by atoms with Crippen LogP contribution in [0, 0.1) is 23.2 Å². The average molecular weight is 311 g/mol. The maximum atomic E-state index is 12.8. The number of nitriles is 1. The van der Waals surface area contributed by atoms with Gasteiger partial charge in [0.05, 0.1) is 0 Å². The maximum Gasteiger partial charge on any atom is 0.252 e. The molecule has 20 heavy (non-hydrogen) atoms. The van der Waals surface area contributed by atoms with Crippen molar-refractivity contribution in [2.24, 2.45) is 11.8 Å². The van der Waals surface area contributed by atoms with Crippen LogP contribution in [0.25, 0.3) is 0 Å². The third-order valence-electron chi connectivity index (χ3n) is 4.34. The summed E-state index contributed by atoms with van der Waals surface area (Å²) in [5.74, 6) is 0.843. The quantitative estimate of drug-likeness (QED) is 0.911. The Hall–Kier alpha value is -0.940. The summed E-state index contributed by atoms with van der Waals surface area (Å²) in [6, 6.07) is 5.21. The number of thiophene rings is 1. The van der Waals surface area contributed by atoms with Crippen molar-refractivity contribution in [2.45, 2.75) is 23.6 Å². The molecular formula is C13H17N3O2S2. The normalized spacial score (nSPS) is 30.3. The highest BCUT2D eigenvalue weighted by Crippen LogP contribution is 2.38. The van der Waals surface area contributed by atoms with Crippen LogP contribution in [0.2, 0.25) is 0 Å². The van der Waals surface area contributed by atoms with Gasteiger partial charge in [-0.25, -0.2) is 8.42 Å². The van der Waals surface area contributed by atoms with Gasteiger partial charge in [0.1, 0.15) is 15.2 Å². The topological polar surface area (TPSA) is 73.2 Å². The van der Waals surface area contributed by atoms with Gasteiger partial charge in [-0.1, -0.05) is 6.92 Å². The van der Waals surface area contributed by atoms with Gasteiger partial charge >= 0.3 is 0 Å². The molecule has 0 aromatic carbocycles. The van der Waals surface area contributed by atoms with Crippen LogP contribution in [0.1, 0.15) is 18.2 Å². The van der Waals surface area contributed by atoms with E-state index in [9.17, 15) is 8.42 Å². The van der Waals surface area contributed by atoms with E-state index in [0.717, 1.165) is 30.8 Å². The first-order chi connectivity index (χ1) is 9.57. The van der Waals surface area contributed by atoms with E-state index in [-0.39, 0.29) is 6.04 Å². The van der Waals surface area contributed by atoms with Crippen LogP contribution in [0.3, 0.4) is 0 Å². The summed E-state index contributed by atoms with van der Waals surface area (Å²) >= 11 is 1.06. The first-order valence-corrected chi connectivity index (χ1v) is 9.06. The molecule has 3 unspecified atom stereocenters. The predicted octanol–water partition coefficient (Wildman–Crippen LogP) is 1.24. The molecule has 0 amide bonds. The fourth-order valence-electron chi connectivity index (χ4n) is 3.40. The highest BCUT2D eigenvalue weighted by atomic mass is 32.2. The predicted molar refractivity (Wildman–Crippen MR) is 76.9 cm³/mol. The third-order valence-corrected chi connectivity index (χ3v) is 7.69. The van der Waals surface area contributed by atoms with Crippen molar-refractivity contribution < 1.29 is 8.42 Å². The number of rotatable bonds is 3. The lowest BCUT2D eigenvalue weighted by molar-refractivity contribution is 0.329. The molecule has 7 heteroatoms. The Kier molecular flexibility index (Phi) is 3.58. The second-order valence-electron chi connectivity index (χ2n) is 5.36. The van der Waals surface area contributed by atoms with Gasteiger partial charge in [-0.3, -0.25) is 0 Å². The number of sulfonamides is 1. The van der Waals surface area contributed by atoms with Gasteiger partial charge in [0.25, 0.3) is 10.0 Å². The number of nitrogens with zero attached hydrogens (tertiary/aromatic N) is 2.